The molecule has 2 aromatic heterocycles. The van der Waals surface area contributed by atoms with Gasteiger partial charge in [0.25, 0.3) is 11.5 Å². The second-order valence-electron chi connectivity index (χ2n) is 6.88. The van der Waals surface area contributed by atoms with Gasteiger partial charge in [0.2, 0.25) is 6.79 Å². The fourth-order valence-electron chi connectivity index (χ4n) is 3.15. The molecule has 9 nitrogen and oxygen atoms in total. The van der Waals surface area contributed by atoms with Gasteiger partial charge in [-0.3, -0.25) is 9.59 Å². The lowest BCUT2D eigenvalue weighted by atomic mass is 10.1. The molecule has 0 unspecified atom stereocenters. The molecule has 0 bridgehead atoms. The van der Waals surface area contributed by atoms with Gasteiger partial charge >= 0.3 is 5.97 Å². The molecule has 166 valence electrons. The molecule has 3 heterocycles. The van der Waals surface area contributed by atoms with Crippen molar-refractivity contribution >= 4 is 28.9 Å². The zero-order valence-corrected chi connectivity index (χ0v) is 18.4. The van der Waals surface area contributed by atoms with E-state index in [2.05, 4.69) is 10.4 Å². The van der Waals surface area contributed by atoms with E-state index in [9.17, 15) is 14.4 Å². The summed E-state index contributed by atoms with van der Waals surface area (Å²) in [7, 11) is 0. The normalized spacial score (nSPS) is 11.9. The summed E-state index contributed by atoms with van der Waals surface area (Å²) in [5, 5.41) is 6.86. The quantitative estimate of drug-likeness (QED) is 0.543. The lowest BCUT2D eigenvalue weighted by molar-refractivity contribution is 0.0533. The zero-order chi connectivity index (χ0) is 22.7. The standard InChI is InChI=1S/C22H21N3O6S/c1-3-9-25-19(26)8-6-14(24-25)21(27)23-15-11-18(32-20(15)22(28)29-4-2)13-5-7-16-17(10-13)31-12-30-16/h5-8,10-11H,3-4,9,12H2,1-2H3,(H,23,27). The van der Waals surface area contributed by atoms with Crippen molar-refractivity contribution in [1.29, 1.82) is 0 Å². The highest BCUT2D eigenvalue weighted by Gasteiger charge is 2.22. The van der Waals surface area contributed by atoms with Gasteiger partial charge in [-0.1, -0.05) is 6.92 Å². The summed E-state index contributed by atoms with van der Waals surface area (Å²) < 4.78 is 17.2. The summed E-state index contributed by atoms with van der Waals surface area (Å²) in [6.07, 6.45) is 0.703. The first-order valence-electron chi connectivity index (χ1n) is 10.1. The van der Waals surface area contributed by atoms with Crippen LogP contribution in [0.15, 0.2) is 41.2 Å². The summed E-state index contributed by atoms with van der Waals surface area (Å²) in [5.41, 5.74) is 0.904. The molecular formula is C22H21N3O6S. The van der Waals surface area contributed by atoms with Crippen molar-refractivity contribution < 1.29 is 23.8 Å². The van der Waals surface area contributed by atoms with Gasteiger partial charge in [-0.15, -0.1) is 11.3 Å². The fourth-order valence-corrected chi connectivity index (χ4v) is 4.16. The highest BCUT2D eigenvalue weighted by atomic mass is 32.1. The molecule has 3 aromatic rings. The Kier molecular flexibility index (Phi) is 6.22. The average molecular weight is 455 g/mol. The van der Waals surface area contributed by atoms with Crippen LogP contribution in [0.3, 0.4) is 0 Å². The maximum atomic E-state index is 12.8. The van der Waals surface area contributed by atoms with E-state index in [0.717, 1.165) is 10.4 Å². The van der Waals surface area contributed by atoms with E-state index in [0.29, 0.717) is 30.2 Å². The van der Waals surface area contributed by atoms with Gasteiger partial charge in [-0.25, -0.2) is 9.48 Å². The number of aryl methyl sites for hydroxylation is 1. The molecule has 0 aliphatic carbocycles. The Labute approximate surface area is 187 Å². The SMILES string of the molecule is CCCn1nc(C(=O)Nc2cc(-c3ccc4c(c3)OCO4)sc2C(=O)OCC)ccc1=O. The third-order valence-corrected chi connectivity index (χ3v) is 5.80. The smallest absolute Gasteiger partial charge is 0.350 e. The number of ether oxygens (including phenoxy) is 3. The number of nitrogens with zero attached hydrogens (tertiary/aromatic N) is 2. The van der Waals surface area contributed by atoms with E-state index in [1.54, 1.807) is 19.1 Å². The topological polar surface area (TPSA) is 109 Å². The third-order valence-electron chi connectivity index (χ3n) is 4.63. The second-order valence-corrected chi connectivity index (χ2v) is 7.93. The maximum absolute atomic E-state index is 12.8. The van der Waals surface area contributed by atoms with Crippen molar-refractivity contribution in [2.24, 2.45) is 0 Å². The van der Waals surface area contributed by atoms with Crippen LogP contribution < -0.4 is 20.3 Å². The Morgan fingerprint density at radius 1 is 1.16 bits per heavy atom. The van der Waals surface area contributed by atoms with Gasteiger partial charge in [0, 0.05) is 17.5 Å². The summed E-state index contributed by atoms with van der Waals surface area (Å²) in [6.45, 7) is 4.39. The first-order valence-corrected chi connectivity index (χ1v) is 10.9. The van der Waals surface area contributed by atoms with E-state index in [1.165, 1.54) is 28.2 Å². The van der Waals surface area contributed by atoms with Crippen LogP contribution in [0.2, 0.25) is 0 Å². The number of benzene rings is 1. The number of thiophene rings is 1. The first kappa shape index (κ1) is 21.6. The minimum atomic E-state index is -0.538. The van der Waals surface area contributed by atoms with Crippen molar-refractivity contribution in [3.8, 4) is 21.9 Å². The molecule has 10 heteroatoms. The largest absolute Gasteiger partial charge is 0.462 e. The zero-order valence-electron chi connectivity index (χ0n) is 17.5. The monoisotopic (exact) mass is 455 g/mol. The van der Waals surface area contributed by atoms with E-state index in [4.69, 9.17) is 14.2 Å². The van der Waals surface area contributed by atoms with Crippen LogP contribution in [-0.2, 0) is 11.3 Å². The Hall–Kier alpha value is -3.66. The van der Waals surface area contributed by atoms with Crippen LogP contribution in [0, 0.1) is 0 Å². The minimum absolute atomic E-state index is 0.0729. The molecule has 0 radical (unpaired) electrons. The molecule has 32 heavy (non-hydrogen) atoms. The lowest BCUT2D eigenvalue weighted by Crippen LogP contribution is -2.26. The number of carbonyl (C=O) groups is 2. The van der Waals surface area contributed by atoms with Gasteiger partial charge in [-0.2, -0.15) is 5.10 Å². The number of anilines is 1. The second kappa shape index (κ2) is 9.23. The van der Waals surface area contributed by atoms with Crippen LogP contribution >= 0.6 is 11.3 Å². The van der Waals surface area contributed by atoms with E-state index < -0.39 is 11.9 Å². The number of fused-ring (bicyclic) bond motifs is 1. The Morgan fingerprint density at radius 3 is 2.75 bits per heavy atom. The number of rotatable bonds is 7. The Balaban J connectivity index is 1.66. The predicted molar refractivity (Wildman–Crippen MR) is 119 cm³/mol. The number of hydrogen-bond acceptors (Lipinski definition) is 8. The maximum Gasteiger partial charge on any atom is 0.350 e. The minimum Gasteiger partial charge on any atom is -0.462 e. The summed E-state index contributed by atoms with van der Waals surface area (Å²) in [4.78, 5) is 38.3. The summed E-state index contributed by atoms with van der Waals surface area (Å²) in [6, 6.07) is 9.82. The molecule has 0 fully saturated rings. The average Bonchev–Trinajstić information content (AvgIpc) is 3.42. The van der Waals surface area contributed by atoms with Gasteiger partial charge < -0.3 is 19.5 Å². The predicted octanol–water partition coefficient (Wildman–Crippen LogP) is 3.54. The highest BCUT2D eigenvalue weighted by molar-refractivity contribution is 7.18. The van der Waals surface area contributed by atoms with Crippen molar-refractivity contribution in [2.45, 2.75) is 26.8 Å². The van der Waals surface area contributed by atoms with Crippen LogP contribution in [0.4, 0.5) is 5.69 Å². The van der Waals surface area contributed by atoms with Gasteiger partial charge in [0.1, 0.15) is 10.6 Å². The molecule has 1 N–H and O–H groups in total. The van der Waals surface area contributed by atoms with Gasteiger partial charge in [0.15, 0.2) is 11.5 Å². The lowest BCUT2D eigenvalue weighted by Gasteiger charge is -2.07. The molecule has 4 rings (SSSR count). The van der Waals surface area contributed by atoms with Crippen molar-refractivity contribution in [2.75, 3.05) is 18.7 Å². The molecular weight excluding hydrogens is 434 g/mol. The fraction of sp³-hybridized carbons (Fsp3) is 0.273. The number of esters is 1. The number of nitrogens with one attached hydrogen (secondary N) is 1. The van der Waals surface area contributed by atoms with Crippen molar-refractivity contribution in [3.05, 3.63) is 57.3 Å². The molecule has 1 amide bonds. The summed E-state index contributed by atoms with van der Waals surface area (Å²) in [5.74, 6) is 0.193. The van der Waals surface area contributed by atoms with E-state index in [1.807, 2.05) is 19.1 Å². The third kappa shape index (κ3) is 4.35. The molecule has 1 aliphatic rings. The van der Waals surface area contributed by atoms with Crippen molar-refractivity contribution in [1.82, 2.24) is 9.78 Å². The number of aromatic nitrogens is 2. The van der Waals surface area contributed by atoms with E-state index >= 15 is 0 Å². The summed E-state index contributed by atoms with van der Waals surface area (Å²) >= 11 is 1.20. The molecule has 0 saturated carbocycles. The van der Waals surface area contributed by atoms with Crippen LogP contribution in [-0.4, -0.2) is 35.1 Å². The number of carbonyl (C=O) groups excluding carboxylic acids is 2. The van der Waals surface area contributed by atoms with Crippen molar-refractivity contribution in [3.63, 3.8) is 0 Å². The first-order chi connectivity index (χ1) is 15.5. The van der Waals surface area contributed by atoms with Crippen LogP contribution in [0.25, 0.3) is 10.4 Å². The number of hydrogen-bond donors (Lipinski definition) is 1. The molecule has 0 spiro atoms. The Morgan fingerprint density at radius 2 is 1.97 bits per heavy atom. The van der Waals surface area contributed by atoms with Gasteiger partial charge in [0.05, 0.1) is 12.3 Å². The molecule has 1 aliphatic heterocycles. The Bertz CT molecular complexity index is 1230. The van der Waals surface area contributed by atoms with Gasteiger partial charge in [-0.05, 0) is 49.2 Å². The number of amides is 1. The van der Waals surface area contributed by atoms with Crippen LogP contribution in [0.5, 0.6) is 11.5 Å². The van der Waals surface area contributed by atoms with Crippen LogP contribution in [0.1, 0.15) is 40.4 Å². The van der Waals surface area contributed by atoms with E-state index in [-0.39, 0.29) is 29.5 Å². The molecule has 0 atom stereocenters. The molecule has 0 saturated heterocycles. The highest BCUT2D eigenvalue weighted by Crippen LogP contribution is 2.40. The molecule has 1 aromatic carbocycles.